The second-order valence-electron chi connectivity index (χ2n) is 6.03. The van der Waals surface area contributed by atoms with Crippen LogP contribution in [0.4, 0.5) is 5.69 Å². The molecule has 3 aromatic carbocycles. The maximum Gasteiger partial charge on any atom is 0.349 e. The zero-order chi connectivity index (χ0) is 18.8. The summed E-state index contributed by atoms with van der Waals surface area (Å²) < 4.78 is 6.09. The SMILES string of the molecule is O=C(Nc1ccc(-c2ccccc2)cc1)c1cc2cc(Br)ccc2oc1=O. The molecule has 1 heterocycles. The molecule has 0 spiro atoms. The number of carbonyl (C=O) groups is 1. The Morgan fingerprint density at radius 3 is 2.30 bits per heavy atom. The summed E-state index contributed by atoms with van der Waals surface area (Å²) in [7, 11) is 0. The summed E-state index contributed by atoms with van der Waals surface area (Å²) in [5.41, 5.74) is 2.48. The monoisotopic (exact) mass is 419 g/mol. The molecule has 0 atom stereocenters. The van der Waals surface area contributed by atoms with E-state index in [-0.39, 0.29) is 5.56 Å². The van der Waals surface area contributed by atoms with Gasteiger partial charge in [0.2, 0.25) is 0 Å². The molecule has 5 heteroatoms. The number of halogens is 1. The van der Waals surface area contributed by atoms with Crippen molar-refractivity contribution >= 4 is 38.5 Å². The minimum Gasteiger partial charge on any atom is -0.422 e. The van der Waals surface area contributed by atoms with E-state index in [0.29, 0.717) is 16.7 Å². The summed E-state index contributed by atoms with van der Waals surface area (Å²) in [6.45, 7) is 0. The number of carbonyl (C=O) groups excluding carboxylic acids is 1. The molecule has 0 aliphatic rings. The van der Waals surface area contributed by atoms with E-state index in [9.17, 15) is 9.59 Å². The number of hydrogen-bond donors (Lipinski definition) is 1. The van der Waals surface area contributed by atoms with Crippen LogP contribution in [-0.4, -0.2) is 5.91 Å². The zero-order valence-corrected chi connectivity index (χ0v) is 15.7. The van der Waals surface area contributed by atoms with Gasteiger partial charge in [0, 0.05) is 15.5 Å². The van der Waals surface area contributed by atoms with Crippen molar-refractivity contribution in [3.63, 3.8) is 0 Å². The van der Waals surface area contributed by atoms with Gasteiger partial charge in [-0.1, -0.05) is 58.4 Å². The van der Waals surface area contributed by atoms with E-state index in [4.69, 9.17) is 4.42 Å². The molecule has 0 radical (unpaired) electrons. The second kappa shape index (κ2) is 7.21. The molecule has 1 amide bonds. The van der Waals surface area contributed by atoms with Gasteiger partial charge in [-0.05, 0) is 47.5 Å². The van der Waals surface area contributed by atoms with Crippen LogP contribution in [0.15, 0.2) is 92.5 Å². The number of benzene rings is 3. The Bertz CT molecular complexity index is 1180. The lowest BCUT2D eigenvalue weighted by Crippen LogP contribution is -2.20. The van der Waals surface area contributed by atoms with Crippen LogP contribution < -0.4 is 10.9 Å². The van der Waals surface area contributed by atoms with Crippen LogP contribution in [0.1, 0.15) is 10.4 Å². The van der Waals surface area contributed by atoms with E-state index in [2.05, 4.69) is 21.2 Å². The Balaban J connectivity index is 1.60. The third-order valence-corrected chi connectivity index (χ3v) is 4.68. The van der Waals surface area contributed by atoms with Crippen molar-refractivity contribution in [2.75, 3.05) is 5.32 Å². The first-order chi connectivity index (χ1) is 13.1. The van der Waals surface area contributed by atoms with Gasteiger partial charge >= 0.3 is 5.63 Å². The predicted octanol–water partition coefficient (Wildman–Crippen LogP) is 5.47. The fourth-order valence-electron chi connectivity index (χ4n) is 2.83. The molecule has 0 saturated carbocycles. The molecule has 0 aliphatic heterocycles. The molecule has 4 aromatic rings. The molecular weight excluding hydrogens is 406 g/mol. The van der Waals surface area contributed by atoms with E-state index in [0.717, 1.165) is 15.6 Å². The Kier molecular flexibility index (Phi) is 4.60. The summed E-state index contributed by atoms with van der Waals surface area (Å²) in [6.07, 6.45) is 0. The minimum absolute atomic E-state index is 0.0345. The van der Waals surface area contributed by atoms with E-state index < -0.39 is 11.5 Å². The van der Waals surface area contributed by atoms with Gasteiger partial charge in [0.1, 0.15) is 11.1 Å². The molecule has 1 aromatic heterocycles. The first kappa shape index (κ1) is 17.2. The maximum atomic E-state index is 12.5. The van der Waals surface area contributed by atoms with Crippen LogP contribution in [0.2, 0.25) is 0 Å². The lowest BCUT2D eigenvalue weighted by Gasteiger charge is -2.07. The van der Waals surface area contributed by atoms with Crippen molar-refractivity contribution in [2.24, 2.45) is 0 Å². The molecule has 0 bridgehead atoms. The average molecular weight is 420 g/mol. The van der Waals surface area contributed by atoms with Crippen molar-refractivity contribution in [1.82, 2.24) is 0 Å². The van der Waals surface area contributed by atoms with E-state index in [1.807, 2.05) is 42.5 Å². The van der Waals surface area contributed by atoms with Gasteiger partial charge in [0.25, 0.3) is 5.91 Å². The number of nitrogens with one attached hydrogen (secondary N) is 1. The highest BCUT2D eigenvalue weighted by Crippen LogP contribution is 2.22. The Hall–Kier alpha value is -3.18. The molecule has 132 valence electrons. The predicted molar refractivity (Wildman–Crippen MR) is 110 cm³/mol. The average Bonchev–Trinajstić information content (AvgIpc) is 2.69. The molecule has 1 N–H and O–H groups in total. The zero-order valence-electron chi connectivity index (χ0n) is 14.1. The minimum atomic E-state index is -0.664. The van der Waals surface area contributed by atoms with E-state index in [1.54, 1.807) is 36.4 Å². The van der Waals surface area contributed by atoms with Gasteiger partial charge in [-0.15, -0.1) is 0 Å². The van der Waals surface area contributed by atoms with Gasteiger partial charge < -0.3 is 9.73 Å². The van der Waals surface area contributed by atoms with Crippen LogP contribution in [0, 0.1) is 0 Å². The van der Waals surface area contributed by atoms with Gasteiger partial charge in [-0.3, -0.25) is 4.79 Å². The lowest BCUT2D eigenvalue weighted by atomic mass is 10.1. The number of hydrogen-bond acceptors (Lipinski definition) is 3. The highest BCUT2D eigenvalue weighted by Gasteiger charge is 2.14. The van der Waals surface area contributed by atoms with E-state index >= 15 is 0 Å². The quantitative estimate of drug-likeness (QED) is 0.447. The number of fused-ring (bicyclic) bond motifs is 1. The number of anilines is 1. The first-order valence-corrected chi connectivity index (χ1v) is 9.10. The first-order valence-electron chi connectivity index (χ1n) is 8.30. The summed E-state index contributed by atoms with van der Waals surface area (Å²) in [5.74, 6) is -0.502. The van der Waals surface area contributed by atoms with Crippen molar-refractivity contribution in [3.05, 3.63) is 99.3 Å². The topological polar surface area (TPSA) is 59.3 Å². The largest absolute Gasteiger partial charge is 0.422 e. The lowest BCUT2D eigenvalue weighted by molar-refractivity contribution is 0.102. The van der Waals surface area contributed by atoms with Gasteiger partial charge in [0.05, 0.1) is 0 Å². The van der Waals surface area contributed by atoms with Crippen molar-refractivity contribution in [3.8, 4) is 11.1 Å². The molecular formula is C22H14BrNO3. The fraction of sp³-hybridized carbons (Fsp3) is 0. The highest BCUT2D eigenvalue weighted by atomic mass is 79.9. The van der Waals surface area contributed by atoms with Crippen molar-refractivity contribution in [1.29, 1.82) is 0 Å². The van der Waals surface area contributed by atoms with Crippen LogP contribution in [0.3, 0.4) is 0 Å². The summed E-state index contributed by atoms with van der Waals surface area (Å²) in [6, 6.07) is 24.2. The molecule has 4 nitrogen and oxygen atoms in total. The molecule has 27 heavy (non-hydrogen) atoms. The van der Waals surface area contributed by atoms with Crippen molar-refractivity contribution < 1.29 is 9.21 Å². The van der Waals surface area contributed by atoms with Crippen LogP contribution in [0.25, 0.3) is 22.1 Å². The summed E-state index contributed by atoms with van der Waals surface area (Å²) in [4.78, 5) is 24.7. The Morgan fingerprint density at radius 1 is 0.852 bits per heavy atom. The summed E-state index contributed by atoms with van der Waals surface area (Å²) >= 11 is 3.37. The van der Waals surface area contributed by atoms with Crippen LogP contribution >= 0.6 is 15.9 Å². The molecule has 0 aliphatic carbocycles. The molecule has 0 unspecified atom stereocenters. The number of rotatable bonds is 3. The standard InChI is InChI=1S/C22H14BrNO3/c23-17-8-11-20-16(12-17)13-19(22(26)27-20)21(25)24-18-9-6-15(7-10-18)14-4-2-1-3-5-14/h1-13H,(H,24,25). The smallest absolute Gasteiger partial charge is 0.349 e. The normalized spacial score (nSPS) is 10.7. The molecule has 4 rings (SSSR count). The Morgan fingerprint density at radius 2 is 1.56 bits per heavy atom. The third-order valence-electron chi connectivity index (χ3n) is 4.19. The number of amides is 1. The van der Waals surface area contributed by atoms with E-state index in [1.165, 1.54) is 0 Å². The van der Waals surface area contributed by atoms with Gasteiger partial charge in [-0.2, -0.15) is 0 Å². The molecule has 0 saturated heterocycles. The molecule has 0 fully saturated rings. The van der Waals surface area contributed by atoms with Gasteiger partial charge in [-0.25, -0.2) is 4.79 Å². The maximum absolute atomic E-state index is 12.5. The van der Waals surface area contributed by atoms with Crippen molar-refractivity contribution in [2.45, 2.75) is 0 Å². The Labute approximate surface area is 163 Å². The van der Waals surface area contributed by atoms with Crippen LogP contribution in [-0.2, 0) is 0 Å². The highest BCUT2D eigenvalue weighted by molar-refractivity contribution is 9.10. The van der Waals surface area contributed by atoms with Gasteiger partial charge in [0.15, 0.2) is 0 Å². The van der Waals surface area contributed by atoms with Crippen LogP contribution in [0.5, 0.6) is 0 Å². The fourth-order valence-corrected chi connectivity index (χ4v) is 3.21. The summed E-state index contributed by atoms with van der Waals surface area (Å²) in [5, 5.41) is 3.42. The second-order valence-corrected chi connectivity index (χ2v) is 6.94. The third kappa shape index (κ3) is 3.68.